The number of nitrogens with two attached hydrogens (primary N) is 1. The standard InChI is InChI=1S/C12H14N6O2/c13-11(16-20)9-2-1-4-17(9)12(19)8-6-15-18-5-3-14-7-10(8)18/h3,5-7,9,20H,1-2,4H2,(H2,13,16). The predicted octanol–water partition coefficient (Wildman–Crippen LogP) is 0.0803. The average molecular weight is 274 g/mol. The number of rotatable bonds is 2. The number of fused-ring (bicyclic) bond motifs is 1. The van der Waals surface area contributed by atoms with E-state index in [1.165, 1.54) is 6.20 Å². The van der Waals surface area contributed by atoms with Crippen LogP contribution in [0.15, 0.2) is 29.9 Å². The fourth-order valence-electron chi connectivity index (χ4n) is 2.54. The zero-order chi connectivity index (χ0) is 14.1. The Morgan fingerprint density at radius 1 is 1.50 bits per heavy atom. The summed E-state index contributed by atoms with van der Waals surface area (Å²) in [7, 11) is 0. The lowest BCUT2D eigenvalue weighted by atomic mass is 10.2. The van der Waals surface area contributed by atoms with Gasteiger partial charge in [0, 0.05) is 18.9 Å². The topological polar surface area (TPSA) is 109 Å². The highest BCUT2D eigenvalue weighted by Crippen LogP contribution is 2.22. The minimum atomic E-state index is -0.362. The van der Waals surface area contributed by atoms with Crippen LogP contribution in [0, 0.1) is 0 Å². The Balaban J connectivity index is 1.96. The summed E-state index contributed by atoms with van der Waals surface area (Å²) in [6.07, 6.45) is 7.90. The van der Waals surface area contributed by atoms with Gasteiger partial charge in [-0.15, -0.1) is 0 Å². The number of hydrogen-bond acceptors (Lipinski definition) is 5. The molecule has 0 radical (unpaired) electrons. The number of carbonyl (C=O) groups excluding carboxylic acids is 1. The number of nitrogens with zero attached hydrogens (tertiary/aromatic N) is 5. The average Bonchev–Trinajstić information content (AvgIpc) is 3.12. The van der Waals surface area contributed by atoms with Gasteiger partial charge in [-0.3, -0.25) is 9.78 Å². The van der Waals surface area contributed by atoms with Crippen LogP contribution in [-0.2, 0) is 0 Å². The van der Waals surface area contributed by atoms with Crippen molar-refractivity contribution in [1.29, 1.82) is 0 Å². The Morgan fingerprint density at radius 3 is 3.15 bits per heavy atom. The Labute approximate surface area is 114 Å². The summed E-state index contributed by atoms with van der Waals surface area (Å²) in [6, 6.07) is -0.362. The molecule has 0 aliphatic carbocycles. The van der Waals surface area contributed by atoms with Gasteiger partial charge in [-0.25, -0.2) is 4.52 Å². The van der Waals surface area contributed by atoms with Gasteiger partial charge in [0.1, 0.15) is 0 Å². The summed E-state index contributed by atoms with van der Waals surface area (Å²) in [5.74, 6) is -0.118. The van der Waals surface area contributed by atoms with Crippen LogP contribution in [-0.4, -0.2) is 49.0 Å². The van der Waals surface area contributed by atoms with Crippen molar-refractivity contribution in [1.82, 2.24) is 19.5 Å². The van der Waals surface area contributed by atoms with E-state index in [1.807, 2.05) is 0 Å². The molecule has 104 valence electrons. The molecule has 0 spiro atoms. The number of carbonyl (C=O) groups is 1. The van der Waals surface area contributed by atoms with Crippen LogP contribution in [0.25, 0.3) is 5.52 Å². The predicted molar refractivity (Wildman–Crippen MR) is 70.5 cm³/mol. The monoisotopic (exact) mass is 274 g/mol. The molecule has 20 heavy (non-hydrogen) atoms. The maximum atomic E-state index is 12.6. The van der Waals surface area contributed by atoms with Gasteiger partial charge in [-0.2, -0.15) is 5.10 Å². The Bertz CT molecular complexity index is 679. The number of amides is 1. The molecule has 3 heterocycles. The van der Waals surface area contributed by atoms with Crippen LogP contribution in [0.3, 0.4) is 0 Å². The lowest BCUT2D eigenvalue weighted by Gasteiger charge is -2.23. The first-order chi connectivity index (χ1) is 9.72. The number of aromatic nitrogens is 3. The van der Waals surface area contributed by atoms with E-state index in [1.54, 1.807) is 28.0 Å². The second-order valence-corrected chi connectivity index (χ2v) is 4.65. The molecule has 1 saturated heterocycles. The second kappa shape index (κ2) is 4.80. The smallest absolute Gasteiger partial charge is 0.258 e. The highest BCUT2D eigenvalue weighted by molar-refractivity contribution is 6.03. The molecule has 2 aromatic heterocycles. The van der Waals surface area contributed by atoms with E-state index in [2.05, 4.69) is 15.2 Å². The molecule has 3 N–H and O–H groups in total. The van der Waals surface area contributed by atoms with Gasteiger partial charge in [-0.05, 0) is 12.8 Å². The van der Waals surface area contributed by atoms with Gasteiger partial charge in [0.05, 0.1) is 29.5 Å². The first-order valence-corrected chi connectivity index (χ1v) is 6.28. The molecule has 8 heteroatoms. The van der Waals surface area contributed by atoms with Crippen molar-refractivity contribution in [2.24, 2.45) is 10.9 Å². The van der Waals surface area contributed by atoms with Crippen molar-refractivity contribution in [3.05, 3.63) is 30.4 Å². The van der Waals surface area contributed by atoms with Gasteiger partial charge >= 0.3 is 0 Å². The molecule has 1 amide bonds. The van der Waals surface area contributed by atoms with Crippen molar-refractivity contribution in [3.63, 3.8) is 0 Å². The van der Waals surface area contributed by atoms with Crippen LogP contribution in [0.4, 0.5) is 0 Å². The first-order valence-electron chi connectivity index (χ1n) is 6.28. The van der Waals surface area contributed by atoms with Gasteiger partial charge in [0.25, 0.3) is 5.91 Å². The van der Waals surface area contributed by atoms with Gasteiger partial charge in [0.2, 0.25) is 0 Å². The number of likely N-dealkylation sites (tertiary alicyclic amines) is 1. The zero-order valence-electron chi connectivity index (χ0n) is 10.7. The third-order valence-corrected chi connectivity index (χ3v) is 3.53. The van der Waals surface area contributed by atoms with Crippen molar-refractivity contribution < 1.29 is 10.0 Å². The van der Waals surface area contributed by atoms with Crippen LogP contribution in [0.1, 0.15) is 23.2 Å². The van der Waals surface area contributed by atoms with Crippen molar-refractivity contribution in [3.8, 4) is 0 Å². The minimum Gasteiger partial charge on any atom is -0.409 e. The van der Waals surface area contributed by atoms with Gasteiger partial charge < -0.3 is 15.8 Å². The van der Waals surface area contributed by atoms with E-state index < -0.39 is 0 Å². The van der Waals surface area contributed by atoms with Crippen LogP contribution >= 0.6 is 0 Å². The number of hydrogen-bond donors (Lipinski definition) is 2. The van der Waals surface area contributed by atoms with Crippen molar-refractivity contribution in [2.75, 3.05) is 6.54 Å². The molecular weight excluding hydrogens is 260 g/mol. The van der Waals surface area contributed by atoms with E-state index in [9.17, 15) is 4.79 Å². The van der Waals surface area contributed by atoms with E-state index in [4.69, 9.17) is 10.9 Å². The summed E-state index contributed by atoms with van der Waals surface area (Å²) < 4.78 is 1.59. The third kappa shape index (κ3) is 1.85. The molecule has 8 nitrogen and oxygen atoms in total. The third-order valence-electron chi connectivity index (χ3n) is 3.53. The first kappa shape index (κ1) is 12.4. The maximum absolute atomic E-state index is 12.6. The molecule has 1 aliphatic rings. The molecule has 1 fully saturated rings. The largest absolute Gasteiger partial charge is 0.409 e. The molecule has 1 aliphatic heterocycles. The normalized spacial score (nSPS) is 19.7. The van der Waals surface area contributed by atoms with Gasteiger partial charge in [-0.1, -0.05) is 5.16 Å². The Morgan fingerprint density at radius 2 is 2.35 bits per heavy atom. The summed E-state index contributed by atoms with van der Waals surface area (Å²) in [5, 5.41) is 15.9. The summed E-state index contributed by atoms with van der Waals surface area (Å²) in [6.45, 7) is 0.581. The van der Waals surface area contributed by atoms with Crippen molar-refractivity contribution >= 4 is 17.3 Å². The molecule has 0 bridgehead atoms. The van der Waals surface area contributed by atoms with Gasteiger partial charge in [0.15, 0.2) is 5.84 Å². The fourth-order valence-corrected chi connectivity index (χ4v) is 2.54. The van der Waals surface area contributed by atoms with E-state index in [-0.39, 0.29) is 17.8 Å². The second-order valence-electron chi connectivity index (χ2n) is 4.65. The van der Waals surface area contributed by atoms with Crippen molar-refractivity contribution in [2.45, 2.75) is 18.9 Å². The lowest BCUT2D eigenvalue weighted by Crippen LogP contribution is -2.43. The lowest BCUT2D eigenvalue weighted by molar-refractivity contribution is 0.0770. The molecular formula is C12H14N6O2. The summed E-state index contributed by atoms with van der Waals surface area (Å²) >= 11 is 0. The quantitative estimate of drug-likeness (QED) is 0.349. The zero-order valence-corrected chi connectivity index (χ0v) is 10.7. The van der Waals surface area contributed by atoms with E-state index >= 15 is 0 Å². The molecule has 0 aromatic carbocycles. The minimum absolute atomic E-state index is 0.0606. The molecule has 1 unspecified atom stereocenters. The number of amidine groups is 1. The van der Waals surface area contributed by atoms with E-state index in [0.717, 1.165) is 6.42 Å². The molecule has 0 saturated carbocycles. The number of oxime groups is 1. The highest BCUT2D eigenvalue weighted by Gasteiger charge is 2.33. The summed E-state index contributed by atoms with van der Waals surface area (Å²) in [4.78, 5) is 18.2. The van der Waals surface area contributed by atoms with Crippen LogP contribution < -0.4 is 5.73 Å². The van der Waals surface area contributed by atoms with Crippen LogP contribution in [0.5, 0.6) is 0 Å². The Hall–Kier alpha value is -2.64. The highest BCUT2D eigenvalue weighted by atomic mass is 16.4. The summed E-state index contributed by atoms with van der Waals surface area (Å²) in [5.41, 5.74) is 6.76. The fraction of sp³-hybridized carbons (Fsp3) is 0.333. The molecule has 1 atom stereocenters. The maximum Gasteiger partial charge on any atom is 0.258 e. The molecule has 3 rings (SSSR count). The van der Waals surface area contributed by atoms with E-state index in [0.29, 0.717) is 24.0 Å². The van der Waals surface area contributed by atoms with Crippen LogP contribution in [0.2, 0.25) is 0 Å². The Kier molecular flexibility index (Phi) is 2.97. The molecule has 2 aromatic rings. The SMILES string of the molecule is N/C(=N/O)C1CCCN1C(=O)c1cnn2ccncc12.